The zero-order valence-electron chi connectivity index (χ0n) is 15.9. The van der Waals surface area contributed by atoms with Crippen molar-refractivity contribution in [2.45, 2.75) is 25.7 Å². The van der Waals surface area contributed by atoms with E-state index < -0.39 is 0 Å². The maximum atomic E-state index is 5.70. The highest BCUT2D eigenvalue weighted by atomic mass is 127. The van der Waals surface area contributed by atoms with Gasteiger partial charge >= 0.3 is 0 Å². The first-order valence-corrected chi connectivity index (χ1v) is 9.49. The highest BCUT2D eigenvalue weighted by Crippen LogP contribution is 2.34. The van der Waals surface area contributed by atoms with Crippen LogP contribution >= 0.6 is 24.0 Å². The number of aliphatic imine (C=N–C) groups is 1. The van der Waals surface area contributed by atoms with E-state index in [0.29, 0.717) is 25.0 Å². The third-order valence-electron chi connectivity index (χ3n) is 5.13. The molecule has 1 N–H and O–H groups in total. The standard InChI is InChI=1S/C20H31N3O2.HI/c1-3-21-20(22-13-18-12-17-6-4-5-7-19(17)18)23-9-8-16(14-23)15-25-11-10-24-2;/h4-7,16,18H,3,8-15H2,1-2H3,(H,21,22);1H. The summed E-state index contributed by atoms with van der Waals surface area (Å²) in [4.78, 5) is 7.32. The Balaban J connectivity index is 0.00000243. The van der Waals surface area contributed by atoms with Crippen molar-refractivity contribution < 1.29 is 9.47 Å². The number of benzene rings is 1. The molecule has 1 fully saturated rings. The lowest BCUT2D eigenvalue weighted by Gasteiger charge is -2.29. The van der Waals surface area contributed by atoms with Crippen molar-refractivity contribution in [3.63, 3.8) is 0 Å². The molecule has 0 bridgehead atoms. The number of halogens is 1. The van der Waals surface area contributed by atoms with Crippen LogP contribution in [0.2, 0.25) is 0 Å². The number of methoxy groups -OCH3 is 1. The Bertz CT molecular complexity index is 582. The highest BCUT2D eigenvalue weighted by Gasteiger charge is 2.27. The van der Waals surface area contributed by atoms with Gasteiger partial charge in [0.2, 0.25) is 0 Å². The van der Waals surface area contributed by atoms with E-state index in [0.717, 1.165) is 45.2 Å². The molecule has 2 atom stereocenters. The second-order valence-electron chi connectivity index (χ2n) is 6.96. The summed E-state index contributed by atoms with van der Waals surface area (Å²) in [6.45, 7) is 8.18. The monoisotopic (exact) mass is 473 g/mol. The maximum absolute atomic E-state index is 5.70. The second-order valence-corrected chi connectivity index (χ2v) is 6.96. The van der Waals surface area contributed by atoms with Crippen LogP contribution in [0.4, 0.5) is 0 Å². The van der Waals surface area contributed by atoms with Gasteiger partial charge in [-0.1, -0.05) is 24.3 Å². The molecule has 1 aromatic carbocycles. The van der Waals surface area contributed by atoms with Crippen molar-refractivity contribution in [2.75, 3.05) is 53.1 Å². The molecule has 0 spiro atoms. The van der Waals surface area contributed by atoms with Crippen molar-refractivity contribution in [2.24, 2.45) is 10.9 Å². The summed E-state index contributed by atoms with van der Waals surface area (Å²) in [5, 5.41) is 3.46. The minimum atomic E-state index is 0. The Kier molecular flexibility index (Phi) is 9.15. The van der Waals surface area contributed by atoms with E-state index in [2.05, 4.69) is 41.4 Å². The fraction of sp³-hybridized carbons (Fsp3) is 0.650. The average Bonchev–Trinajstić information content (AvgIpc) is 3.07. The molecule has 0 aromatic heterocycles. The lowest BCUT2D eigenvalue weighted by molar-refractivity contribution is 0.0536. The molecule has 2 unspecified atom stereocenters. The molecule has 0 amide bonds. The normalized spacial score (nSPS) is 21.8. The first-order chi connectivity index (χ1) is 12.3. The van der Waals surface area contributed by atoms with Gasteiger partial charge in [0.1, 0.15) is 0 Å². The molecule has 1 aromatic rings. The van der Waals surface area contributed by atoms with Crippen LogP contribution in [0.1, 0.15) is 30.4 Å². The summed E-state index contributed by atoms with van der Waals surface area (Å²) in [6, 6.07) is 8.74. The maximum Gasteiger partial charge on any atom is 0.193 e. The lowest BCUT2D eigenvalue weighted by atomic mass is 9.78. The number of nitrogens with one attached hydrogen (secondary N) is 1. The number of ether oxygens (including phenoxy) is 2. The van der Waals surface area contributed by atoms with Gasteiger partial charge in [-0.15, -0.1) is 24.0 Å². The van der Waals surface area contributed by atoms with Gasteiger partial charge in [-0.25, -0.2) is 0 Å². The van der Waals surface area contributed by atoms with E-state index in [1.165, 1.54) is 17.5 Å². The van der Waals surface area contributed by atoms with Crippen molar-refractivity contribution in [1.29, 1.82) is 0 Å². The topological polar surface area (TPSA) is 46.1 Å². The Morgan fingerprint density at radius 3 is 2.92 bits per heavy atom. The predicted molar refractivity (Wildman–Crippen MR) is 117 cm³/mol. The molecular weight excluding hydrogens is 441 g/mol. The SMILES string of the molecule is CCNC(=NCC1Cc2ccccc21)N1CCC(COCCOC)C1.I. The van der Waals surface area contributed by atoms with Crippen LogP contribution < -0.4 is 5.32 Å². The zero-order chi connectivity index (χ0) is 17.5. The second kappa shape index (κ2) is 11.1. The number of nitrogens with zero attached hydrogens (tertiary/aromatic N) is 2. The molecule has 5 nitrogen and oxygen atoms in total. The molecule has 1 aliphatic heterocycles. The number of hydrogen-bond donors (Lipinski definition) is 1. The zero-order valence-corrected chi connectivity index (χ0v) is 18.3. The Morgan fingerprint density at radius 2 is 2.15 bits per heavy atom. The van der Waals surface area contributed by atoms with Crippen LogP contribution in [-0.2, 0) is 15.9 Å². The van der Waals surface area contributed by atoms with Gasteiger partial charge in [0.25, 0.3) is 0 Å². The van der Waals surface area contributed by atoms with Crippen molar-refractivity contribution in [3.05, 3.63) is 35.4 Å². The van der Waals surface area contributed by atoms with Gasteiger partial charge in [0.15, 0.2) is 5.96 Å². The molecule has 1 heterocycles. The largest absolute Gasteiger partial charge is 0.382 e. The van der Waals surface area contributed by atoms with E-state index in [1.807, 2.05) is 0 Å². The molecule has 26 heavy (non-hydrogen) atoms. The molecular formula is C20H32IN3O2. The van der Waals surface area contributed by atoms with Crippen LogP contribution in [0.25, 0.3) is 0 Å². The molecule has 0 saturated carbocycles. The number of hydrogen-bond acceptors (Lipinski definition) is 3. The van der Waals surface area contributed by atoms with Gasteiger partial charge in [-0.05, 0) is 30.9 Å². The lowest BCUT2D eigenvalue weighted by Crippen LogP contribution is -2.40. The number of guanidine groups is 1. The molecule has 3 rings (SSSR count). The molecule has 2 aliphatic rings. The Morgan fingerprint density at radius 1 is 1.31 bits per heavy atom. The number of rotatable bonds is 8. The molecule has 1 aliphatic carbocycles. The van der Waals surface area contributed by atoms with E-state index in [-0.39, 0.29) is 24.0 Å². The van der Waals surface area contributed by atoms with E-state index in [4.69, 9.17) is 14.5 Å². The third kappa shape index (κ3) is 5.57. The summed E-state index contributed by atoms with van der Waals surface area (Å²) in [5.74, 6) is 2.23. The fourth-order valence-corrected chi connectivity index (χ4v) is 3.70. The van der Waals surface area contributed by atoms with E-state index in [9.17, 15) is 0 Å². The quantitative estimate of drug-likeness (QED) is 0.273. The van der Waals surface area contributed by atoms with E-state index in [1.54, 1.807) is 7.11 Å². The van der Waals surface area contributed by atoms with Crippen molar-refractivity contribution >= 4 is 29.9 Å². The van der Waals surface area contributed by atoms with Gasteiger partial charge in [0, 0.05) is 45.1 Å². The Hall–Kier alpha value is -0.860. The van der Waals surface area contributed by atoms with E-state index >= 15 is 0 Å². The smallest absolute Gasteiger partial charge is 0.193 e. The van der Waals surface area contributed by atoms with Crippen LogP contribution in [0.15, 0.2) is 29.3 Å². The number of fused-ring (bicyclic) bond motifs is 1. The minimum Gasteiger partial charge on any atom is -0.382 e. The molecule has 1 saturated heterocycles. The fourth-order valence-electron chi connectivity index (χ4n) is 3.70. The van der Waals surface area contributed by atoms with Gasteiger partial charge in [-0.2, -0.15) is 0 Å². The minimum absolute atomic E-state index is 0. The van der Waals surface area contributed by atoms with Gasteiger partial charge in [-0.3, -0.25) is 4.99 Å². The third-order valence-corrected chi connectivity index (χ3v) is 5.13. The molecule has 6 heteroatoms. The van der Waals surface area contributed by atoms with Crippen molar-refractivity contribution in [1.82, 2.24) is 10.2 Å². The summed E-state index contributed by atoms with van der Waals surface area (Å²) < 4.78 is 10.7. The van der Waals surface area contributed by atoms with Crippen molar-refractivity contribution in [3.8, 4) is 0 Å². The summed E-state index contributed by atoms with van der Waals surface area (Å²) in [6.07, 6.45) is 2.33. The summed E-state index contributed by atoms with van der Waals surface area (Å²) in [7, 11) is 1.71. The van der Waals surface area contributed by atoms with Crippen LogP contribution in [0.3, 0.4) is 0 Å². The number of likely N-dealkylation sites (tertiary alicyclic amines) is 1. The molecule has 0 radical (unpaired) electrons. The predicted octanol–water partition coefficient (Wildman–Crippen LogP) is 2.89. The molecule has 146 valence electrons. The summed E-state index contributed by atoms with van der Waals surface area (Å²) in [5.41, 5.74) is 2.97. The van der Waals surface area contributed by atoms with Crippen LogP contribution in [-0.4, -0.2) is 64.0 Å². The average molecular weight is 473 g/mol. The Labute approximate surface area is 174 Å². The summed E-state index contributed by atoms with van der Waals surface area (Å²) >= 11 is 0. The van der Waals surface area contributed by atoms with Crippen LogP contribution in [0, 0.1) is 5.92 Å². The first kappa shape index (κ1) is 21.4. The van der Waals surface area contributed by atoms with Gasteiger partial charge < -0.3 is 19.7 Å². The van der Waals surface area contributed by atoms with Gasteiger partial charge in [0.05, 0.1) is 19.8 Å². The first-order valence-electron chi connectivity index (χ1n) is 9.49. The van der Waals surface area contributed by atoms with Crippen LogP contribution in [0.5, 0.6) is 0 Å². The highest BCUT2D eigenvalue weighted by molar-refractivity contribution is 14.0.